The lowest BCUT2D eigenvalue weighted by molar-refractivity contribution is -0.176. The molecule has 2 heterocycles. The molecule has 4 aromatic rings. The molecule has 0 spiro atoms. The summed E-state index contributed by atoms with van der Waals surface area (Å²) in [6.45, 7) is 2.39. The summed E-state index contributed by atoms with van der Waals surface area (Å²) in [6, 6.07) is 9.18. The highest BCUT2D eigenvalue weighted by atomic mass is 31.1. The van der Waals surface area contributed by atoms with Crippen molar-refractivity contribution < 1.29 is 58.2 Å². The summed E-state index contributed by atoms with van der Waals surface area (Å²) in [7, 11) is -4.09. The van der Waals surface area contributed by atoms with E-state index in [2.05, 4.69) is 0 Å². The van der Waals surface area contributed by atoms with Crippen molar-refractivity contribution in [2.75, 3.05) is 0 Å². The summed E-state index contributed by atoms with van der Waals surface area (Å²) >= 11 is 0. The van der Waals surface area contributed by atoms with E-state index in [1.807, 2.05) is 0 Å². The van der Waals surface area contributed by atoms with Crippen molar-refractivity contribution in [3.05, 3.63) is 142 Å². The van der Waals surface area contributed by atoms with Crippen LogP contribution in [0.2, 0.25) is 0 Å². The molecule has 4 aromatic carbocycles. The number of hydrogen-bond donors (Lipinski definition) is 0. The minimum absolute atomic E-state index is 0.692. The first-order valence-corrected chi connectivity index (χ1v) is 14.3. The van der Waals surface area contributed by atoms with Crippen LogP contribution in [0, 0.1) is 46.5 Å². The average Bonchev–Trinajstić information content (AvgIpc) is 3.24. The molecular weight excluding hydrogens is 635 g/mol. The number of benzene rings is 4. The van der Waals surface area contributed by atoms with Crippen LogP contribution >= 0.6 is 8.25 Å². The molecule has 0 aliphatic carbocycles. The molecule has 2 saturated heterocycles. The van der Waals surface area contributed by atoms with Crippen molar-refractivity contribution >= 4 is 8.25 Å². The van der Waals surface area contributed by atoms with E-state index in [1.165, 1.54) is 13.8 Å². The van der Waals surface area contributed by atoms with E-state index in [0.29, 0.717) is 48.5 Å². The molecule has 45 heavy (non-hydrogen) atoms. The Morgan fingerprint density at radius 3 is 0.933 bits per heavy atom. The van der Waals surface area contributed by atoms with Crippen molar-refractivity contribution in [2.45, 2.75) is 43.0 Å². The average molecular weight is 655 g/mol. The highest BCUT2D eigenvalue weighted by molar-refractivity contribution is 7.33. The van der Waals surface area contributed by atoms with Gasteiger partial charge in [0.25, 0.3) is 0 Å². The summed E-state index contributed by atoms with van der Waals surface area (Å²) in [4.78, 5) is 0. The van der Waals surface area contributed by atoms with Gasteiger partial charge in [0.15, 0.2) is 5.79 Å². The summed E-state index contributed by atoms with van der Waals surface area (Å²) < 4.78 is 163. The molecule has 14 heteroatoms. The van der Waals surface area contributed by atoms with Crippen molar-refractivity contribution in [2.24, 2.45) is 0 Å². The Morgan fingerprint density at radius 1 is 0.489 bits per heavy atom. The van der Waals surface area contributed by atoms with Gasteiger partial charge in [0.2, 0.25) is 11.2 Å². The third-order valence-corrected chi connectivity index (χ3v) is 8.55. The summed E-state index contributed by atoms with van der Waals surface area (Å²) in [5.41, 5.74) is -11.7. The van der Waals surface area contributed by atoms with Crippen LogP contribution in [0.5, 0.6) is 0 Å². The predicted octanol–water partition coefficient (Wildman–Crippen LogP) is 8.21. The zero-order valence-electron chi connectivity index (χ0n) is 23.1. The van der Waals surface area contributed by atoms with Crippen molar-refractivity contribution in [3.8, 4) is 0 Å². The molecule has 2 aliphatic rings. The molecule has 0 aromatic heterocycles. The normalized spacial score (nSPS) is 21.8. The van der Waals surface area contributed by atoms with Gasteiger partial charge in [-0.05, 0) is 62.4 Å². The Hall–Kier alpha value is -3.74. The lowest BCUT2D eigenvalue weighted by Gasteiger charge is -2.39. The van der Waals surface area contributed by atoms with Gasteiger partial charge in [-0.3, -0.25) is 0 Å². The van der Waals surface area contributed by atoms with Crippen LogP contribution in [-0.4, -0.2) is 18.0 Å². The number of fused-ring (bicyclic) bond motifs is 1. The first-order valence-electron chi connectivity index (χ1n) is 13.2. The van der Waals surface area contributed by atoms with E-state index >= 15 is 35.1 Å². The molecule has 0 radical (unpaired) electrons. The zero-order valence-corrected chi connectivity index (χ0v) is 24.0. The maximum Gasteiger partial charge on any atom is 0.700 e. The Labute approximate surface area is 251 Å². The van der Waals surface area contributed by atoms with Crippen molar-refractivity contribution in [1.82, 2.24) is 0 Å². The fourth-order valence-corrected chi connectivity index (χ4v) is 7.21. The third kappa shape index (κ3) is 4.68. The highest BCUT2D eigenvalue weighted by Crippen LogP contribution is 2.63. The van der Waals surface area contributed by atoms with Gasteiger partial charge in [-0.15, -0.1) is 0 Å². The van der Waals surface area contributed by atoms with Crippen LogP contribution in [-0.2, 0) is 34.3 Å². The van der Waals surface area contributed by atoms with E-state index < -0.39 is 106 Å². The minimum Gasteiger partial charge on any atom is -0.340 e. The lowest BCUT2D eigenvalue weighted by Crippen LogP contribution is -2.55. The van der Waals surface area contributed by atoms with E-state index in [-0.39, 0.29) is 0 Å². The first kappa shape index (κ1) is 31.3. The molecule has 0 amide bonds. The van der Waals surface area contributed by atoms with Gasteiger partial charge in [0, 0.05) is 4.57 Å². The smallest absolute Gasteiger partial charge is 0.340 e. The van der Waals surface area contributed by atoms with Crippen LogP contribution in [0.4, 0.5) is 35.1 Å². The third-order valence-electron chi connectivity index (χ3n) is 7.67. The maximum atomic E-state index is 15.8. The monoisotopic (exact) mass is 655 g/mol. The Morgan fingerprint density at radius 2 is 0.711 bits per heavy atom. The van der Waals surface area contributed by atoms with E-state index in [1.54, 1.807) is 0 Å². The molecule has 2 fully saturated rings. The van der Waals surface area contributed by atoms with Gasteiger partial charge in [0.05, 0.1) is 22.3 Å². The largest absolute Gasteiger partial charge is 0.700 e. The van der Waals surface area contributed by atoms with Gasteiger partial charge in [-0.1, -0.05) is 33.3 Å². The Balaban J connectivity index is 1.83. The maximum absolute atomic E-state index is 15.8. The predicted molar refractivity (Wildman–Crippen MR) is 141 cm³/mol. The van der Waals surface area contributed by atoms with Gasteiger partial charge >= 0.3 is 8.25 Å². The molecule has 0 unspecified atom stereocenters. The van der Waals surface area contributed by atoms with Gasteiger partial charge in [-0.2, -0.15) is 0 Å². The number of halogens is 8. The number of hydrogen-bond acceptors (Lipinski definition) is 5. The lowest BCUT2D eigenvalue weighted by atomic mass is 9.71. The first-order chi connectivity index (χ1) is 21.2. The fourth-order valence-electron chi connectivity index (χ4n) is 6.12. The number of ether oxygens (including phenoxy) is 2. The topological polar surface area (TPSA) is 54.0 Å². The molecule has 6 rings (SSSR count). The number of rotatable bonds is 4. The van der Waals surface area contributed by atoms with Crippen LogP contribution < -0.4 is 0 Å². The summed E-state index contributed by atoms with van der Waals surface area (Å²) in [6.07, 6.45) is -4.77. The van der Waals surface area contributed by atoms with Gasteiger partial charge in [0.1, 0.15) is 58.7 Å². The second-order valence-corrected chi connectivity index (χ2v) is 11.6. The summed E-state index contributed by atoms with van der Waals surface area (Å²) in [5.74, 6) is -13.9. The molecule has 2 atom stereocenters. The molecule has 0 N–H and O–H groups in total. The zero-order chi connectivity index (χ0) is 32.5. The van der Waals surface area contributed by atoms with E-state index in [9.17, 15) is 4.57 Å². The van der Waals surface area contributed by atoms with Gasteiger partial charge in [-0.25, -0.2) is 35.1 Å². The van der Waals surface area contributed by atoms with Crippen LogP contribution in [0.15, 0.2) is 72.8 Å². The molecule has 5 nitrogen and oxygen atoms in total. The standard InChI is InChI=1S/C31H20F8O5P/c1-29(2)41-27-28(42-29)31(25-19(36)11-5-12-20(25)37,26-21(38)13-6-14-22(26)39)44-45(40)43-30(27,23-15(32)7-3-8-16(23)33)24-17(34)9-4-10-18(24)35/h3-14,27-28H,1-2H3/q+1/t27-,28-/m1/s1. The van der Waals surface area contributed by atoms with Crippen molar-refractivity contribution in [3.63, 3.8) is 0 Å². The Kier molecular flexibility index (Phi) is 7.61. The second kappa shape index (κ2) is 11.0. The molecule has 2 aliphatic heterocycles. The molecular formula is C31H20F8O5P+. The fraction of sp³-hybridized carbons (Fsp3) is 0.226. The second-order valence-electron chi connectivity index (χ2n) is 10.7. The molecule has 0 saturated carbocycles. The summed E-state index contributed by atoms with van der Waals surface area (Å²) in [5, 5.41) is 0. The van der Waals surface area contributed by atoms with Gasteiger partial charge < -0.3 is 9.47 Å². The Bertz CT molecular complexity index is 1540. The van der Waals surface area contributed by atoms with Crippen LogP contribution in [0.25, 0.3) is 0 Å². The van der Waals surface area contributed by atoms with E-state index in [0.717, 1.165) is 24.3 Å². The quantitative estimate of drug-likeness (QED) is 0.164. The van der Waals surface area contributed by atoms with Crippen molar-refractivity contribution in [1.29, 1.82) is 0 Å². The minimum atomic E-state index is -4.09. The SMILES string of the molecule is CC1(C)O[C@@H]2[C@@H](O1)C(c1c(F)cccc1F)(c1c(F)cccc1F)O[P+](=O)OC2(c1c(F)cccc1F)c1c(F)cccc1F. The van der Waals surface area contributed by atoms with Crippen LogP contribution in [0.3, 0.4) is 0 Å². The highest BCUT2D eigenvalue weighted by Gasteiger charge is 2.75. The van der Waals surface area contributed by atoms with E-state index in [4.69, 9.17) is 18.5 Å². The van der Waals surface area contributed by atoms with Crippen LogP contribution in [0.1, 0.15) is 36.1 Å². The molecule has 234 valence electrons. The molecule has 0 bridgehead atoms.